The first-order valence-corrected chi connectivity index (χ1v) is 5.73. The lowest BCUT2D eigenvalue weighted by Gasteiger charge is -2.07. The molecule has 1 aromatic rings. The van der Waals surface area contributed by atoms with Gasteiger partial charge in [-0.1, -0.05) is 12.1 Å². The Bertz CT molecular complexity index is 449. The van der Waals surface area contributed by atoms with Crippen LogP contribution in [0.1, 0.15) is 41.6 Å². The lowest BCUT2D eigenvalue weighted by molar-refractivity contribution is -0.138. The Labute approximate surface area is 108 Å². The molecular formula is C13H13F3O3. The summed E-state index contributed by atoms with van der Waals surface area (Å²) in [7, 11) is 0. The highest BCUT2D eigenvalue weighted by Crippen LogP contribution is 2.29. The molecule has 0 aliphatic rings. The Morgan fingerprint density at radius 1 is 1.00 bits per heavy atom. The van der Waals surface area contributed by atoms with Gasteiger partial charge in [0.15, 0.2) is 5.78 Å². The van der Waals surface area contributed by atoms with E-state index in [9.17, 15) is 22.8 Å². The maximum Gasteiger partial charge on any atom is 0.416 e. The molecule has 0 bridgehead atoms. The fourth-order valence-corrected chi connectivity index (χ4v) is 1.55. The van der Waals surface area contributed by atoms with Crippen molar-refractivity contribution >= 4 is 11.8 Å². The second-order valence-corrected chi connectivity index (χ2v) is 4.10. The number of rotatable bonds is 6. The smallest absolute Gasteiger partial charge is 0.416 e. The van der Waals surface area contributed by atoms with Crippen molar-refractivity contribution in [1.29, 1.82) is 0 Å². The zero-order valence-corrected chi connectivity index (χ0v) is 10.0. The Morgan fingerprint density at radius 3 is 2.00 bits per heavy atom. The molecule has 0 radical (unpaired) electrons. The van der Waals surface area contributed by atoms with E-state index in [1.165, 1.54) is 0 Å². The van der Waals surface area contributed by atoms with Crippen LogP contribution in [0.2, 0.25) is 0 Å². The van der Waals surface area contributed by atoms with E-state index >= 15 is 0 Å². The zero-order chi connectivity index (χ0) is 14.5. The second-order valence-electron chi connectivity index (χ2n) is 4.10. The van der Waals surface area contributed by atoms with Crippen LogP contribution >= 0.6 is 0 Å². The number of carboxylic acids is 1. The van der Waals surface area contributed by atoms with Crippen molar-refractivity contribution in [2.75, 3.05) is 0 Å². The number of ketones is 1. The van der Waals surface area contributed by atoms with Crippen molar-refractivity contribution < 1.29 is 27.9 Å². The number of hydrogen-bond acceptors (Lipinski definition) is 2. The van der Waals surface area contributed by atoms with Gasteiger partial charge >= 0.3 is 12.1 Å². The highest BCUT2D eigenvalue weighted by atomic mass is 19.4. The summed E-state index contributed by atoms with van der Waals surface area (Å²) in [5.41, 5.74) is -0.585. The van der Waals surface area contributed by atoms with Gasteiger partial charge in [-0.2, -0.15) is 13.2 Å². The molecule has 0 aromatic heterocycles. The summed E-state index contributed by atoms with van der Waals surface area (Å²) in [5, 5.41) is 8.41. The molecule has 3 nitrogen and oxygen atoms in total. The monoisotopic (exact) mass is 274 g/mol. The molecule has 1 rings (SSSR count). The number of Topliss-reactive ketones (excluding diaryl/α,β-unsaturated/α-hetero) is 1. The maximum atomic E-state index is 12.3. The Hall–Kier alpha value is -1.85. The lowest BCUT2D eigenvalue weighted by Crippen LogP contribution is -2.06. The minimum absolute atomic E-state index is 0.0136. The fraction of sp³-hybridized carbons (Fsp3) is 0.385. The Morgan fingerprint density at radius 2 is 1.53 bits per heavy atom. The van der Waals surface area contributed by atoms with E-state index in [1.54, 1.807) is 0 Å². The maximum absolute atomic E-state index is 12.3. The van der Waals surface area contributed by atoms with Crippen molar-refractivity contribution in [3.63, 3.8) is 0 Å². The molecule has 0 aliphatic carbocycles. The normalized spacial score (nSPS) is 11.3. The van der Waals surface area contributed by atoms with E-state index in [-0.39, 0.29) is 24.2 Å². The highest BCUT2D eigenvalue weighted by Gasteiger charge is 2.30. The summed E-state index contributed by atoms with van der Waals surface area (Å²) in [6.45, 7) is 0. The molecule has 0 aliphatic heterocycles. The summed E-state index contributed by atoms with van der Waals surface area (Å²) in [6, 6.07) is 4.01. The molecule has 0 saturated heterocycles. The molecule has 0 fully saturated rings. The summed E-state index contributed by atoms with van der Waals surface area (Å²) in [5.74, 6) is -1.21. The predicted octanol–water partition coefficient (Wildman–Crippen LogP) is 3.53. The highest BCUT2D eigenvalue weighted by molar-refractivity contribution is 5.96. The van der Waals surface area contributed by atoms with Gasteiger partial charge in [-0.25, -0.2) is 0 Å². The second kappa shape index (κ2) is 6.36. The topological polar surface area (TPSA) is 54.4 Å². The van der Waals surface area contributed by atoms with Crippen LogP contribution in [0.3, 0.4) is 0 Å². The molecule has 0 amide bonds. The Balaban J connectivity index is 2.52. The van der Waals surface area contributed by atoms with E-state index in [2.05, 4.69) is 0 Å². The third-order valence-electron chi connectivity index (χ3n) is 2.58. The number of carbonyl (C=O) groups is 2. The van der Waals surface area contributed by atoms with Gasteiger partial charge in [0, 0.05) is 18.4 Å². The van der Waals surface area contributed by atoms with Gasteiger partial charge in [0.1, 0.15) is 0 Å². The molecule has 0 unspecified atom stereocenters. The van der Waals surface area contributed by atoms with E-state index in [0.717, 1.165) is 24.3 Å². The number of hydrogen-bond donors (Lipinski definition) is 1. The van der Waals surface area contributed by atoms with Crippen LogP contribution in [0.4, 0.5) is 13.2 Å². The van der Waals surface area contributed by atoms with Gasteiger partial charge in [0.2, 0.25) is 0 Å². The number of unbranched alkanes of at least 4 members (excludes halogenated alkanes) is 1. The molecule has 0 atom stereocenters. The first-order valence-electron chi connectivity index (χ1n) is 5.73. The summed E-state index contributed by atoms with van der Waals surface area (Å²) < 4.78 is 36.9. The number of carboxylic acid groups (broad SMARTS) is 1. The molecule has 104 valence electrons. The van der Waals surface area contributed by atoms with Crippen molar-refractivity contribution in [1.82, 2.24) is 0 Å². The quantitative estimate of drug-likeness (QED) is 0.637. The van der Waals surface area contributed by atoms with E-state index in [4.69, 9.17) is 5.11 Å². The largest absolute Gasteiger partial charge is 0.481 e. The van der Waals surface area contributed by atoms with E-state index in [0.29, 0.717) is 12.8 Å². The molecule has 0 saturated carbocycles. The third kappa shape index (κ3) is 5.11. The van der Waals surface area contributed by atoms with Crippen molar-refractivity contribution in [3.8, 4) is 0 Å². The third-order valence-corrected chi connectivity index (χ3v) is 2.58. The van der Waals surface area contributed by atoms with Crippen molar-refractivity contribution in [3.05, 3.63) is 35.4 Å². The van der Waals surface area contributed by atoms with Crippen LogP contribution in [0.25, 0.3) is 0 Å². The number of halogens is 3. The fourth-order valence-electron chi connectivity index (χ4n) is 1.55. The number of aliphatic carboxylic acids is 1. The molecule has 1 N–H and O–H groups in total. The predicted molar refractivity (Wildman–Crippen MR) is 61.9 cm³/mol. The number of benzene rings is 1. The average Bonchev–Trinajstić information content (AvgIpc) is 2.33. The molecule has 1 aromatic carbocycles. The van der Waals surface area contributed by atoms with Crippen LogP contribution in [0.5, 0.6) is 0 Å². The Kier molecular flexibility index (Phi) is 5.09. The van der Waals surface area contributed by atoms with E-state index < -0.39 is 17.7 Å². The van der Waals surface area contributed by atoms with Crippen LogP contribution < -0.4 is 0 Å². The minimum Gasteiger partial charge on any atom is -0.481 e. The molecule has 0 heterocycles. The van der Waals surface area contributed by atoms with Gasteiger partial charge in [-0.3, -0.25) is 9.59 Å². The SMILES string of the molecule is O=C(O)CCCCC(=O)c1ccc(C(F)(F)F)cc1. The van der Waals surface area contributed by atoms with E-state index in [1.807, 2.05) is 0 Å². The first kappa shape index (κ1) is 15.2. The van der Waals surface area contributed by atoms with Gasteiger partial charge in [0.25, 0.3) is 0 Å². The van der Waals surface area contributed by atoms with Gasteiger partial charge in [-0.15, -0.1) is 0 Å². The van der Waals surface area contributed by atoms with Gasteiger partial charge < -0.3 is 5.11 Å². The summed E-state index contributed by atoms with van der Waals surface area (Å²) >= 11 is 0. The minimum atomic E-state index is -4.41. The van der Waals surface area contributed by atoms with Crippen molar-refractivity contribution in [2.24, 2.45) is 0 Å². The van der Waals surface area contributed by atoms with Gasteiger partial charge in [0.05, 0.1) is 5.56 Å². The van der Waals surface area contributed by atoms with Crippen LogP contribution in [0, 0.1) is 0 Å². The molecule has 19 heavy (non-hydrogen) atoms. The van der Waals surface area contributed by atoms with Crippen LogP contribution in [-0.4, -0.2) is 16.9 Å². The number of carbonyl (C=O) groups excluding carboxylic acids is 1. The summed E-state index contributed by atoms with van der Waals surface area (Å²) in [6.07, 6.45) is -3.50. The average molecular weight is 274 g/mol. The van der Waals surface area contributed by atoms with Crippen LogP contribution in [-0.2, 0) is 11.0 Å². The molecule has 0 spiro atoms. The van der Waals surface area contributed by atoms with Crippen molar-refractivity contribution in [2.45, 2.75) is 31.9 Å². The standard InChI is InChI=1S/C13H13F3O3/c14-13(15,16)10-7-5-9(6-8-10)11(17)3-1-2-4-12(18)19/h5-8H,1-4H2,(H,18,19). The first-order chi connectivity index (χ1) is 8.80. The number of alkyl halides is 3. The molecule has 6 heteroatoms. The molecular weight excluding hydrogens is 261 g/mol. The lowest BCUT2D eigenvalue weighted by atomic mass is 10.0. The van der Waals surface area contributed by atoms with Crippen LogP contribution in [0.15, 0.2) is 24.3 Å². The summed E-state index contributed by atoms with van der Waals surface area (Å²) in [4.78, 5) is 21.9. The van der Waals surface area contributed by atoms with Gasteiger partial charge in [-0.05, 0) is 25.0 Å². The zero-order valence-electron chi connectivity index (χ0n) is 10.0.